The molecule has 0 atom stereocenters. The van der Waals surface area contributed by atoms with Crippen LogP contribution in [0.25, 0.3) is 22.3 Å². The van der Waals surface area contributed by atoms with Crippen molar-refractivity contribution in [1.82, 2.24) is 0 Å². The normalized spacial score (nSPS) is 10.6. The zero-order valence-corrected chi connectivity index (χ0v) is 13.3. The van der Waals surface area contributed by atoms with Gasteiger partial charge in [0.15, 0.2) is 0 Å². The third-order valence-corrected chi connectivity index (χ3v) is 4.10. The van der Waals surface area contributed by atoms with E-state index >= 15 is 0 Å². The molecule has 0 spiro atoms. The van der Waals surface area contributed by atoms with Gasteiger partial charge in [0, 0.05) is 0 Å². The van der Waals surface area contributed by atoms with Crippen molar-refractivity contribution in [3.8, 4) is 22.3 Å². The Morgan fingerprint density at radius 3 is 1.32 bits per heavy atom. The van der Waals surface area contributed by atoms with Crippen molar-refractivity contribution < 1.29 is 0 Å². The van der Waals surface area contributed by atoms with Gasteiger partial charge in [-0.25, -0.2) is 0 Å². The topological polar surface area (TPSA) is 0 Å². The van der Waals surface area contributed by atoms with Crippen molar-refractivity contribution in [3.63, 3.8) is 0 Å². The van der Waals surface area contributed by atoms with Crippen molar-refractivity contribution in [2.24, 2.45) is 0 Å². The van der Waals surface area contributed by atoms with Crippen LogP contribution in [-0.4, -0.2) is 0 Å². The highest BCUT2D eigenvalue weighted by atomic mass is 14.1. The molecule has 3 rings (SSSR count). The van der Waals surface area contributed by atoms with E-state index in [0.29, 0.717) is 0 Å². The second-order valence-electron chi connectivity index (χ2n) is 5.89. The fourth-order valence-corrected chi connectivity index (χ4v) is 2.75. The molecule has 0 nitrogen and oxygen atoms in total. The largest absolute Gasteiger partial charge is 0.0651 e. The molecular weight excluding hydrogens is 264 g/mol. The van der Waals surface area contributed by atoms with E-state index < -0.39 is 0 Å². The first-order valence-electron chi connectivity index (χ1n) is 8.02. The lowest BCUT2D eigenvalue weighted by atomic mass is 9.98. The molecule has 0 fully saturated rings. The summed E-state index contributed by atoms with van der Waals surface area (Å²) in [5.74, 6) is 0. The lowest BCUT2D eigenvalue weighted by Gasteiger charge is -2.06. The molecule has 0 aliphatic rings. The molecule has 0 heterocycles. The smallest absolute Gasteiger partial charge is 0.0184 e. The van der Waals surface area contributed by atoms with E-state index in [4.69, 9.17) is 0 Å². The Hall–Kier alpha value is -2.34. The van der Waals surface area contributed by atoms with Crippen molar-refractivity contribution in [2.75, 3.05) is 0 Å². The minimum absolute atomic E-state index is 1.16. The Morgan fingerprint density at radius 1 is 0.545 bits per heavy atom. The van der Waals surface area contributed by atoms with Gasteiger partial charge in [-0.1, -0.05) is 91.7 Å². The van der Waals surface area contributed by atoms with Crippen LogP contribution in [0.1, 0.15) is 24.5 Å². The maximum Gasteiger partial charge on any atom is -0.0184 e. The van der Waals surface area contributed by atoms with Crippen LogP contribution in [0.2, 0.25) is 0 Å². The summed E-state index contributed by atoms with van der Waals surface area (Å²) < 4.78 is 0. The second kappa shape index (κ2) is 6.62. The molecule has 0 bridgehead atoms. The van der Waals surface area contributed by atoms with Gasteiger partial charge in [0.05, 0.1) is 0 Å². The molecule has 0 saturated carbocycles. The molecule has 0 saturated heterocycles. The summed E-state index contributed by atoms with van der Waals surface area (Å²) in [6, 6.07) is 26.5. The minimum atomic E-state index is 1.16. The van der Waals surface area contributed by atoms with Gasteiger partial charge in [-0.3, -0.25) is 0 Å². The molecule has 22 heavy (non-hydrogen) atoms. The standard InChI is InChI=1S/C22H22/c1-3-4-18-7-11-20(12-8-18)22-15-13-21(14-16-22)19-9-5-17(2)6-10-19/h5-16H,3-4H2,1-2H3. The Balaban J connectivity index is 1.83. The molecule has 0 unspecified atom stereocenters. The first kappa shape index (κ1) is 14.6. The van der Waals surface area contributed by atoms with Crippen LogP contribution >= 0.6 is 0 Å². The molecule has 3 aromatic carbocycles. The zero-order chi connectivity index (χ0) is 15.4. The number of benzene rings is 3. The second-order valence-corrected chi connectivity index (χ2v) is 5.89. The van der Waals surface area contributed by atoms with Crippen LogP contribution in [0.3, 0.4) is 0 Å². The molecule has 0 N–H and O–H groups in total. The summed E-state index contributed by atoms with van der Waals surface area (Å²) in [5.41, 5.74) is 7.83. The van der Waals surface area contributed by atoms with Gasteiger partial charge in [-0.2, -0.15) is 0 Å². The van der Waals surface area contributed by atoms with E-state index in [-0.39, 0.29) is 0 Å². The van der Waals surface area contributed by atoms with Gasteiger partial charge in [-0.05, 0) is 41.2 Å². The molecule has 0 aromatic heterocycles. The van der Waals surface area contributed by atoms with Gasteiger partial charge in [-0.15, -0.1) is 0 Å². The van der Waals surface area contributed by atoms with Crippen molar-refractivity contribution in [3.05, 3.63) is 83.9 Å². The van der Waals surface area contributed by atoms with Crippen LogP contribution in [0.5, 0.6) is 0 Å². The van der Waals surface area contributed by atoms with Crippen molar-refractivity contribution in [1.29, 1.82) is 0 Å². The fourth-order valence-electron chi connectivity index (χ4n) is 2.75. The van der Waals surface area contributed by atoms with Crippen LogP contribution < -0.4 is 0 Å². The summed E-state index contributed by atoms with van der Waals surface area (Å²) >= 11 is 0. The lowest BCUT2D eigenvalue weighted by Crippen LogP contribution is -1.84. The van der Waals surface area contributed by atoms with Gasteiger partial charge < -0.3 is 0 Å². The molecule has 0 amide bonds. The summed E-state index contributed by atoms with van der Waals surface area (Å²) in [7, 11) is 0. The van der Waals surface area contributed by atoms with Crippen LogP contribution in [0.4, 0.5) is 0 Å². The average Bonchev–Trinajstić information content (AvgIpc) is 2.57. The van der Waals surface area contributed by atoms with Crippen LogP contribution in [0, 0.1) is 6.92 Å². The van der Waals surface area contributed by atoms with Crippen molar-refractivity contribution >= 4 is 0 Å². The highest BCUT2D eigenvalue weighted by molar-refractivity contribution is 5.70. The van der Waals surface area contributed by atoms with Gasteiger partial charge in [0.2, 0.25) is 0 Å². The molecule has 0 aliphatic carbocycles. The predicted octanol–water partition coefficient (Wildman–Crippen LogP) is 6.28. The minimum Gasteiger partial charge on any atom is -0.0651 e. The van der Waals surface area contributed by atoms with Gasteiger partial charge >= 0.3 is 0 Å². The first-order chi connectivity index (χ1) is 10.8. The summed E-state index contributed by atoms with van der Waals surface area (Å²) in [6.45, 7) is 4.34. The van der Waals surface area contributed by atoms with Crippen molar-refractivity contribution in [2.45, 2.75) is 26.7 Å². The van der Waals surface area contributed by atoms with E-state index in [9.17, 15) is 0 Å². The van der Waals surface area contributed by atoms with E-state index in [1.165, 1.54) is 39.8 Å². The van der Waals surface area contributed by atoms with E-state index in [0.717, 1.165) is 6.42 Å². The third-order valence-electron chi connectivity index (χ3n) is 4.10. The third kappa shape index (κ3) is 3.28. The Bertz CT molecular complexity index is 717. The summed E-state index contributed by atoms with van der Waals surface area (Å²) in [5, 5.41) is 0. The van der Waals surface area contributed by atoms with E-state index in [1.54, 1.807) is 0 Å². The van der Waals surface area contributed by atoms with Gasteiger partial charge in [0.25, 0.3) is 0 Å². The van der Waals surface area contributed by atoms with Crippen LogP contribution in [0.15, 0.2) is 72.8 Å². The fraction of sp³-hybridized carbons (Fsp3) is 0.182. The maximum absolute atomic E-state index is 2.24. The Morgan fingerprint density at radius 2 is 0.909 bits per heavy atom. The summed E-state index contributed by atoms with van der Waals surface area (Å²) in [4.78, 5) is 0. The molecule has 3 aromatic rings. The number of hydrogen-bond donors (Lipinski definition) is 0. The van der Waals surface area contributed by atoms with E-state index in [2.05, 4.69) is 86.6 Å². The Kier molecular flexibility index (Phi) is 4.39. The highest BCUT2D eigenvalue weighted by Crippen LogP contribution is 2.25. The molecule has 0 radical (unpaired) electrons. The highest BCUT2D eigenvalue weighted by Gasteiger charge is 2.01. The molecular formula is C22H22. The number of aryl methyl sites for hydroxylation is 2. The molecule has 0 heteroatoms. The van der Waals surface area contributed by atoms with E-state index in [1.807, 2.05) is 0 Å². The quantitative estimate of drug-likeness (QED) is 0.529. The number of hydrogen-bond acceptors (Lipinski definition) is 0. The van der Waals surface area contributed by atoms with Gasteiger partial charge in [0.1, 0.15) is 0 Å². The SMILES string of the molecule is CCCc1ccc(-c2ccc(-c3ccc(C)cc3)cc2)cc1. The number of rotatable bonds is 4. The average molecular weight is 286 g/mol. The zero-order valence-electron chi connectivity index (χ0n) is 13.3. The van der Waals surface area contributed by atoms with Crippen LogP contribution in [-0.2, 0) is 6.42 Å². The predicted molar refractivity (Wildman–Crippen MR) is 96.0 cm³/mol. The Labute approximate surface area is 133 Å². The molecule has 110 valence electrons. The first-order valence-corrected chi connectivity index (χ1v) is 8.02. The molecule has 0 aliphatic heterocycles. The monoisotopic (exact) mass is 286 g/mol. The lowest BCUT2D eigenvalue weighted by molar-refractivity contribution is 0.922. The summed E-state index contributed by atoms with van der Waals surface area (Å²) in [6.07, 6.45) is 2.36. The maximum atomic E-state index is 2.24.